The van der Waals surface area contributed by atoms with E-state index < -0.39 is 0 Å². The lowest BCUT2D eigenvalue weighted by Crippen LogP contribution is -2.14. The third kappa shape index (κ3) is 2.16. The predicted octanol–water partition coefficient (Wildman–Crippen LogP) is 2.47. The monoisotopic (exact) mass is 189 g/mol. The molecule has 1 N–H and O–H groups in total. The second-order valence-corrected chi connectivity index (χ2v) is 4.28. The van der Waals surface area contributed by atoms with Gasteiger partial charge in [0, 0.05) is 0 Å². The second-order valence-electron chi connectivity index (χ2n) is 4.28. The Bertz CT molecular complexity index is 268. The SMILES string of the molecule is CC[C@@H]1CNC[C@H]1Cc1ccccc1. The molecule has 0 unspecified atom stereocenters. The average molecular weight is 189 g/mol. The minimum Gasteiger partial charge on any atom is -0.316 e. The molecule has 1 heteroatoms. The van der Waals surface area contributed by atoms with Crippen molar-refractivity contribution in [2.45, 2.75) is 19.8 Å². The lowest BCUT2D eigenvalue weighted by atomic mass is 9.88. The molecule has 1 fully saturated rings. The molecule has 0 saturated carbocycles. The van der Waals surface area contributed by atoms with Crippen LogP contribution in [0.15, 0.2) is 30.3 Å². The molecule has 0 spiro atoms. The second kappa shape index (κ2) is 4.61. The first-order valence-electron chi connectivity index (χ1n) is 5.64. The van der Waals surface area contributed by atoms with Gasteiger partial charge in [-0.15, -0.1) is 0 Å². The summed E-state index contributed by atoms with van der Waals surface area (Å²) in [6, 6.07) is 10.8. The van der Waals surface area contributed by atoms with E-state index in [0.29, 0.717) is 0 Å². The third-order valence-corrected chi connectivity index (χ3v) is 3.34. The van der Waals surface area contributed by atoms with Gasteiger partial charge in [0.1, 0.15) is 0 Å². The zero-order valence-corrected chi connectivity index (χ0v) is 8.87. The molecule has 0 amide bonds. The van der Waals surface area contributed by atoms with Gasteiger partial charge in [0.15, 0.2) is 0 Å². The first kappa shape index (κ1) is 9.72. The average Bonchev–Trinajstić information content (AvgIpc) is 2.67. The van der Waals surface area contributed by atoms with Crippen LogP contribution in [0, 0.1) is 11.8 Å². The summed E-state index contributed by atoms with van der Waals surface area (Å²) in [4.78, 5) is 0. The number of hydrogen-bond acceptors (Lipinski definition) is 1. The van der Waals surface area contributed by atoms with Gasteiger partial charge in [-0.1, -0.05) is 43.7 Å². The number of rotatable bonds is 3. The minimum atomic E-state index is 0.849. The van der Waals surface area contributed by atoms with E-state index >= 15 is 0 Å². The van der Waals surface area contributed by atoms with Crippen molar-refractivity contribution in [2.75, 3.05) is 13.1 Å². The largest absolute Gasteiger partial charge is 0.316 e. The lowest BCUT2D eigenvalue weighted by molar-refractivity contribution is 0.406. The van der Waals surface area contributed by atoms with Crippen LogP contribution in [0.2, 0.25) is 0 Å². The van der Waals surface area contributed by atoms with Crippen LogP contribution in [0.5, 0.6) is 0 Å². The molecule has 0 aromatic heterocycles. The highest BCUT2D eigenvalue weighted by Crippen LogP contribution is 2.23. The van der Waals surface area contributed by atoms with Gasteiger partial charge in [0.25, 0.3) is 0 Å². The van der Waals surface area contributed by atoms with Crippen molar-refractivity contribution in [1.82, 2.24) is 5.32 Å². The van der Waals surface area contributed by atoms with Gasteiger partial charge in [-0.05, 0) is 36.9 Å². The zero-order chi connectivity index (χ0) is 9.80. The number of nitrogens with one attached hydrogen (secondary N) is 1. The van der Waals surface area contributed by atoms with E-state index in [1.807, 2.05) is 0 Å². The molecule has 0 aliphatic carbocycles. The van der Waals surface area contributed by atoms with Gasteiger partial charge >= 0.3 is 0 Å². The molecule has 1 heterocycles. The summed E-state index contributed by atoms with van der Waals surface area (Å²) in [5.74, 6) is 1.73. The lowest BCUT2D eigenvalue weighted by Gasteiger charge is -2.16. The van der Waals surface area contributed by atoms with Gasteiger partial charge in [0.05, 0.1) is 0 Å². The van der Waals surface area contributed by atoms with Crippen LogP contribution in [-0.2, 0) is 6.42 Å². The summed E-state index contributed by atoms with van der Waals surface area (Å²) in [6.07, 6.45) is 2.55. The van der Waals surface area contributed by atoms with Crippen molar-refractivity contribution in [2.24, 2.45) is 11.8 Å². The van der Waals surface area contributed by atoms with Crippen LogP contribution >= 0.6 is 0 Å². The standard InChI is InChI=1S/C13H19N/c1-2-12-9-14-10-13(12)8-11-6-4-3-5-7-11/h3-7,12-14H,2,8-10H2,1H3/t12-,13-/m1/s1. The van der Waals surface area contributed by atoms with Crippen molar-refractivity contribution >= 4 is 0 Å². The highest BCUT2D eigenvalue weighted by Gasteiger charge is 2.25. The van der Waals surface area contributed by atoms with Gasteiger partial charge < -0.3 is 5.32 Å². The molecular formula is C13H19N. The van der Waals surface area contributed by atoms with E-state index in [4.69, 9.17) is 0 Å². The maximum Gasteiger partial charge on any atom is -0.00141 e. The van der Waals surface area contributed by atoms with Crippen LogP contribution in [0.1, 0.15) is 18.9 Å². The fraction of sp³-hybridized carbons (Fsp3) is 0.538. The summed E-state index contributed by atoms with van der Waals surface area (Å²) in [5.41, 5.74) is 1.49. The molecule has 1 aromatic carbocycles. The summed E-state index contributed by atoms with van der Waals surface area (Å²) < 4.78 is 0. The van der Waals surface area contributed by atoms with Crippen LogP contribution < -0.4 is 5.32 Å². The van der Waals surface area contributed by atoms with E-state index in [1.54, 1.807) is 0 Å². The maximum atomic E-state index is 3.49. The summed E-state index contributed by atoms with van der Waals surface area (Å²) in [7, 11) is 0. The fourth-order valence-electron chi connectivity index (χ4n) is 2.42. The fourth-order valence-corrected chi connectivity index (χ4v) is 2.42. The highest BCUT2D eigenvalue weighted by molar-refractivity contribution is 5.15. The molecule has 2 rings (SSSR count). The quantitative estimate of drug-likeness (QED) is 0.770. The molecule has 1 aliphatic rings. The molecular weight excluding hydrogens is 170 g/mol. The van der Waals surface area contributed by atoms with Gasteiger partial charge in [-0.3, -0.25) is 0 Å². The summed E-state index contributed by atoms with van der Waals surface area (Å²) in [6.45, 7) is 4.72. The van der Waals surface area contributed by atoms with Crippen molar-refractivity contribution in [1.29, 1.82) is 0 Å². The molecule has 1 nitrogen and oxygen atoms in total. The molecule has 2 atom stereocenters. The van der Waals surface area contributed by atoms with Gasteiger partial charge in [-0.25, -0.2) is 0 Å². The molecule has 0 bridgehead atoms. The normalized spacial score (nSPS) is 26.6. The molecule has 1 aromatic rings. The van der Waals surface area contributed by atoms with Gasteiger partial charge in [0.2, 0.25) is 0 Å². The Morgan fingerprint density at radius 3 is 2.57 bits per heavy atom. The third-order valence-electron chi connectivity index (χ3n) is 3.34. The van der Waals surface area contributed by atoms with E-state index in [1.165, 1.54) is 31.5 Å². The van der Waals surface area contributed by atoms with E-state index in [-0.39, 0.29) is 0 Å². The van der Waals surface area contributed by atoms with Crippen molar-refractivity contribution < 1.29 is 0 Å². The van der Waals surface area contributed by atoms with E-state index in [9.17, 15) is 0 Å². The van der Waals surface area contributed by atoms with Gasteiger partial charge in [-0.2, -0.15) is 0 Å². The molecule has 0 radical (unpaired) electrons. The van der Waals surface area contributed by atoms with Crippen LogP contribution in [0.3, 0.4) is 0 Å². The number of benzene rings is 1. The molecule has 1 aliphatic heterocycles. The smallest absolute Gasteiger partial charge is 0.00141 e. The minimum absolute atomic E-state index is 0.849. The van der Waals surface area contributed by atoms with Crippen molar-refractivity contribution in [3.63, 3.8) is 0 Å². The Hall–Kier alpha value is -0.820. The Morgan fingerprint density at radius 1 is 1.14 bits per heavy atom. The van der Waals surface area contributed by atoms with Crippen LogP contribution in [0.4, 0.5) is 0 Å². The molecule has 76 valence electrons. The predicted molar refractivity (Wildman–Crippen MR) is 60.3 cm³/mol. The van der Waals surface area contributed by atoms with Crippen molar-refractivity contribution in [3.8, 4) is 0 Å². The summed E-state index contributed by atoms with van der Waals surface area (Å²) >= 11 is 0. The number of hydrogen-bond donors (Lipinski definition) is 1. The molecule has 14 heavy (non-hydrogen) atoms. The first-order valence-corrected chi connectivity index (χ1v) is 5.64. The van der Waals surface area contributed by atoms with E-state index in [0.717, 1.165) is 11.8 Å². The van der Waals surface area contributed by atoms with Crippen LogP contribution in [-0.4, -0.2) is 13.1 Å². The summed E-state index contributed by atoms with van der Waals surface area (Å²) in [5, 5.41) is 3.49. The zero-order valence-electron chi connectivity index (χ0n) is 8.87. The molecule has 1 saturated heterocycles. The maximum absolute atomic E-state index is 3.49. The first-order chi connectivity index (χ1) is 6.90. The Labute approximate surface area is 86.5 Å². The Morgan fingerprint density at radius 2 is 1.86 bits per heavy atom. The Kier molecular flexibility index (Phi) is 3.20. The topological polar surface area (TPSA) is 12.0 Å². The van der Waals surface area contributed by atoms with Crippen LogP contribution in [0.25, 0.3) is 0 Å². The van der Waals surface area contributed by atoms with E-state index in [2.05, 4.69) is 42.6 Å². The Balaban J connectivity index is 1.97. The van der Waals surface area contributed by atoms with Crippen molar-refractivity contribution in [3.05, 3.63) is 35.9 Å². The highest BCUT2D eigenvalue weighted by atomic mass is 14.9.